The molecule has 2 rings (SSSR count). The smallest absolute Gasteiger partial charge is 0.223 e. The molecule has 2 nitrogen and oxygen atoms in total. The van der Waals surface area contributed by atoms with Crippen LogP contribution >= 0.6 is 0 Å². The van der Waals surface area contributed by atoms with Crippen LogP contribution in [-0.2, 0) is 4.79 Å². The van der Waals surface area contributed by atoms with E-state index in [1.165, 1.54) is 25.7 Å². The van der Waals surface area contributed by atoms with Crippen molar-refractivity contribution in [3.8, 4) is 0 Å². The minimum atomic E-state index is 0.130. The number of likely N-dealkylation sites (tertiary alicyclic amines) is 1. The molecule has 0 N–H and O–H groups in total. The van der Waals surface area contributed by atoms with Gasteiger partial charge in [-0.3, -0.25) is 4.79 Å². The molecule has 0 aromatic rings. The third kappa shape index (κ3) is 2.78. The third-order valence-corrected chi connectivity index (χ3v) is 4.01. The Bertz CT molecular complexity index is 252. The summed E-state index contributed by atoms with van der Waals surface area (Å²) in [6, 6.07) is 0. The highest BCUT2D eigenvalue weighted by Gasteiger charge is 2.36. The van der Waals surface area contributed by atoms with E-state index in [4.69, 9.17) is 0 Å². The van der Waals surface area contributed by atoms with Crippen molar-refractivity contribution < 1.29 is 4.79 Å². The predicted molar refractivity (Wildman–Crippen MR) is 66.1 cm³/mol. The van der Waals surface area contributed by atoms with Crippen molar-refractivity contribution >= 4 is 5.91 Å². The quantitative estimate of drug-likeness (QED) is 0.669. The summed E-state index contributed by atoms with van der Waals surface area (Å²) in [5.41, 5.74) is 0.130. The molecule has 16 heavy (non-hydrogen) atoms. The highest BCUT2D eigenvalue weighted by atomic mass is 16.2. The second kappa shape index (κ2) is 4.38. The summed E-state index contributed by atoms with van der Waals surface area (Å²) in [6.45, 7) is 8.52. The first-order chi connectivity index (χ1) is 7.46. The normalized spacial score (nSPS) is 30.3. The van der Waals surface area contributed by atoms with Crippen molar-refractivity contribution in [3.05, 3.63) is 0 Å². The van der Waals surface area contributed by atoms with Gasteiger partial charge in [-0.1, -0.05) is 33.6 Å². The van der Waals surface area contributed by atoms with E-state index in [0.29, 0.717) is 12.3 Å². The van der Waals surface area contributed by atoms with Gasteiger partial charge in [0.2, 0.25) is 5.91 Å². The van der Waals surface area contributed by atoms with Gasteiger partial charge >= 0.3 is 0 Å². The summed E-state index contributed by atoms with van der Waals surface area (Å²) in [5, 5.41) is 0. The molecule has 0 aromatic carbocycles. The fourth-order valence-electron chi connectivity index (χ4n) is 3.17. The first-order valence-corrected chi connectivity index (χ1v) is 6.73. The standard InChI is InChI=1S/C14H25NO/c1-14(2,3)8-13(16)15-9-11-6-4-5-7-12(11)10-15/h11-12H,4-10H2,1-3H3. The average Bonchev–Trinajstić information content (AvgIpc) is 2.58. The minimum Gasteiger partial charge on any atom is -0.342 e. The van der Waals surface area contributed by atoms with Gasteiger partial charge in [0.05, 0.1) is 0 Å². The summed E-state index contributed by atoms with van der Waals surface area (Å²) >= 11 is 0. The lowest BCUT2D eigenvalue weighted by Gasteiger charge is -2.23. The third-order valence-electron chi connectivity index (χ3n) is 4.01. The number of amides is 1. The van der Waals surface area contributed by atoms with Crippen LogP contribution in [0.5, 0.6) is 0 Å². The number of carbonyl (C=O) groups excluding carboxylic acids is 1. The Kier molecular flexibility index (Phi) is 3.27. The molecule has 2 unspecified atom stereocenters. The van der Waals surface area contributed by atoms with Gasteiger partial charge in [0.1, 0.15) is 0 Å². The summed E-state index contributed by atoms with van der Waals surface area (Å²) in [4.78, 5) is 14.3. The van der Waals surface area contributed by atoms with Crippen molar-refractivity contribution in [2.45, 2.75) is 52.9 Å². The van der Waals surface area contributed by atoms with Crippen molar-refractivity contribution in [2.75, 3.05) is 13.1 Å². The van der Waals surface area contributed by atoms with Crippen LogP contribution in [0.25, 0.3) is 0 Å². The minimum absolute atomic E-state index is 0.130. The van der Waals surface area contributed by atoms with Crippen molar-refractivity contribution in [1.82, 2.24) is 4.90 Å². The Morgan fingerprint density at radius 3 is 2.06 bits per heavy atom. The van der Waals surface area contributed by atoms with Gasteiger partial charge in [-0.05, 0) is 30.1 Å². The highest BCUT2D eigenvalue weighted by Crippen LogP contribution is 2.36. The van der Waals surface area contributed by atoms with E-state index >= 15 is 0 Å². The van der Waals surface area contributed by atoms with Gasteiger partial charge in [0, 0.05) is 19.5 Å². The van der Waals surface area contributed by atoms with E-state index in [9.17, 15) is 4.79 Å². The highest BCUT2D eigenvalue weighted by molar-refractivity contribution is 5.77. The van der Waals surface area contributed by atoms with E-state index < -0.39 is 0 Å². The van der Waals surface area contributed by atoms with Gasteiger partial charge in [0.15, 0.2) is 0 Å². The molecule has 1 saturated carbocycles. The lowest BCUT2D eigenvalue weighted by Crippen LogP contribution is -2.31. The molecule has 0 radical (unpaired) electrons. The fraction of sp³-hybridized carbons (Fsp3) is 0.929. The monoisotopic (exact) mass is 223 g/mol. The Morgan fingerprint density at radius 1 is 1.12 bits per heavy atom. The second-order valence-corrected chi connectivity index (χ2v) is 6.84. The van der Waals surface area contributed by atoms with E-state index in [1.54, 1.807) is 0 Å². The zero-order valence-corrected chi connectivity index (χ0v) is 11.0. The molecule has 0 aromatic heterocycles. The second-order valence-electron chi connectivity index (χ2n) is 6.84. The molecule has 2 aliphatic rings. The summed E-state index contributed by atoms with van der Waals surface area (Å²) in [6.07, 6.45) is 6.16. The lowest BCUT2D eigenvalue weighted by atomic mass is 9.82. The Morgan fingerprint density at radius 2 is 1.62 bits per heavy atom. The van der Waals surface area contributed by atoms with E-state index in [-0.39, 0.29) is 5.41 Å². The van der Waals surface area contributed by atoms with Gasteiger partial charge in [0.25, 0.3) is 0 Å². The molecule has 0 spiro atoms. The molecule has 1 heterocycles. The van der Waals surface area contributed by atoms with E-state index in [0.717, 1.165) is 24.9 Å². The van der Waals surface area contributed by atoms with Crippen LogP contribution in [0.3, 0.4) is 0 Å². The number of nitrogens with zero attached hydrogens (tertiary/aromatic N) is 1. The topological polar surface area (TPSA) is 20.3 Å². The first kappa shape index (κ1) is 11.9. The van der Waals surface area contributed by atoms with Gasteiger partial charge in [-0.2, -0.15) is 0 Å². The van der Waals surface area contributed by atoms with E-state index in [1.807, 2.05) is 0 Å². The summed E-state index contributed by atoms with van der Waals surface area (Å²) in [7, 11) is 0. The Balaban J connectivity index is 1.90. The van der Waals surface area contributed by atoms with Gasteiger partial charge < -0.3 is 4.90 Å². The Labute approximate surface area is 99.4 Å². The zero-order chi connectivity index (χ0) is 11.8. The maximum Gasteiger partial charge on any atom is 0.223 e. The number of hydrogen-bond acceptors (Lipinski definition) is 1. The molecule has 2 heteroatoms. The molecule has 2 atom stereocenters. The lowest BCUT2D eigenvalue weighted by molar-refractivity contribution is -0.132. The predicted octanol–water partition coefficient (Wildman–Crippen LogP) is 3.07. The van der Waals surface area contributed by atoms with E-state index in [2.05, 4.69) is 25.7 Å². The number of carbonyl (C=O) groups is 1. The summed E-state index contributed by atoms with van der Waals surface area (Å²) in [5.74, 6) is 2.01. The van der Waals surface area contributed by atoms with Crippen LogP contribution < -0.4 is 0 Å². The maximum atomic E-state index is 12.1. The SMILES string of the molecule is CC(C)(C)CC(=O)N1CC2CCCCC2C1. The molecule has 1 aliphatic carbocycles. The number of hydrogen-bond donors (Lipinski definition) is 0. The van der Waals surface area contributed by atoms with Gasteiger partial charge in [-0.25, -0.2) is 0 Å². The number of rotatable bonds is 1. The van der Waals surface area contributed by atoms with Crippen molar-refractivity contribution in [3.63, 3.8) is 0 Å². The largest absolute Gasteiger partial charge is 0.342 e. The molecule has 92 valence electrons. The van der Waals surface area contributed by atoms with Crippen LogP contribution in [0.1, 0.15) is 52.9 Å². The molecular formula is C14H25NO. The van der Waals surface area contributed by atoms with Gasteiger partial charge in [-0.15, -0.1) is 0 Å². The van der Waals surface area contributed by atoms with Crippen LogP contribution in [-0.4, -0.2) is 23.9 Å². The molecule has 0 bridgehead atoms. The fourth-order valence-corrected chi connectivity index (χ4v) is 3.17. The Hall–Kier alpha value is -0.530. The van der Waals surface area contributed by atoms with Crippen LogP contribution in [0.15, 0.2) is 0 Å². The first-order valence-electron chi connectivity index (χ1n) is 6.73. The summed E-state index contributed by atoms with van der Waals surface area (Å²) < 4.78 is 0. The van der Waals surface area contributed by atoms with Crippen LogP contribution in [0, 0.1) is 17.3 Å². The number of fused-ring (bicyclic) bond motifs is 1. The van der Waals surface area contributed by atoms with Crippen LogP contribution in [0.4, 0.5) is 0 Å². The van der Waals surface area contributed by atoms with Crippen molar-refractivity contribution in [1.29, 1.82) is 0 Å². The molecule has 2 fully saturated rings. The molecular weight excluding hydrogens is 198 g/mol. The van der Waals surface area contributed by atoms with Crippen molar-refractivity contribution in [2.24, 2.45) is 17.3 Å². The average molecular weight is 223 g/mol. The molecule has 1 saturated heterocycles. The maximum absolute atomic E-state index is 12.1. The molecule has 1 amide bonds. The zero-order valence-electron chi connectivity index (χ0n) is 11.0. The molecule has 1 aliphatic heterocycles. The van der Waals surface area contributed by atoms with Crippen LogP contribution in [0.2, 0.25) is 0 Å².